The number of aliphatic hydroxyl groups is 1. The maximum atomic E-state index is 13.4. The fraction of sp³-hybridized carbons (Fsp3) is 0.0656. The van der Waals surface area contributed by atoms with Crippen molar-refractivity contribution in [3.8, 4) is 78.1 Å². The zero-order valence-corrected chi connectivity index (χ0v) is 36.5. The number of allylic oxidation sites excluding steroid dienone is 1. The first-order chi connectivity index (χ1) is 32.4. The Balaban J connectivity index is 1.01. The van der Waals surface area contributed by atoms with Crippen molar-refractivity contribution in [3.05, 3.63) is 229 Å². The smallest absolute Gasteiger partial charge is 0.253 e. The number of rotatable bonds is 9. The zero-order valence-electron chi connectivity index (χ0n) is 36.5. The van der Waals surface area contributed by atoms with E-state index in [0.29, 0.717) is 25.1 Å². The summed E-state index contributed by atoms with van der Waals surface area (Å²) in [6.07, 6.45) is 0.538. The first-order valence-electron chi connectivity index (χ1n) is 22.5. The van der Waals surface area contributed by atoms with Crippen molar-refractivity contribution in [2.75, 3.05) is 6.54 Å². The molecule has 3 heterocycles. The Morgan fingerprint density at radius 3 is 1.32 bits per heavy atom. The summed E-state index contributed by atoms with van der Waals surface area (Å²) in [5.74, 6) is -0.00243. The number of carbonyl (C=O) groups excluding carboxylic acids is 1. The maximum Gasteiger partial charge on any atom is 0.253 e. The average molecular weight is 852 g/mol. The Labute approximate surface area is 384 Å². The molecule has 1 aliphatic heterocycles. The molecule has 1 saturated heterocycles. The van der Waals surface area contributed by atoms with Crippen molar-refractivity contribution in [1.82, 2.24) is 14.9 Å². The first kappa shape index (κ1) is 40.4. The summed E-state index contributed by atoms with van der Waals surface area (Å²) >= 11 is 0. The van der Waals surface area contributed by atoms with Crippen LogP contribution in [0, 0.1) is 0 Å². The molecule has 0 spiro atoms. The van der Waals surface area contributed by atoms with Gasteiger partial charge in [-0.2, -0.15) is 0 Å². The van der Waals surface area contributed by atoms with Crippen LogP contribution in [-0.4, -0.2) is 32.4 Å². The van der Waals surface area contributed by atoms with Crippen LogP contribution in [0.25, 0.3) is 100.0 Å². The van der Waals surface area contributed by atoms with Gasteiger partial charge in [0.25, 0.3) is 5.91 Å². The number of fused-ring (bicyclic) bond motifs is 2. The fourth-order valence-corrected chi connectivity index (χ4v) is 9.44. The number of hydrogen-bond acceptors (Lipinski definition) is 4. The van der Waals surface area contributed by atoms with E-state index in [0.717, 1.165) is 106 Å². The lowest BCUT2D eigenvalue weighted by Gasteiger charge is -2.20. The van der Waals surface area contributed by atoms with Crippen LogP contribution >= 0.6 is 0 Å². The largest absolute Gasteiger partial charge is 0.512 e. The van der Waals surface area contributed by atoms with Crippen LogP contribution in [0.15, 0.2) is 224 Å². The SMILES string of the molecule is CC(O)=C1CCN(Cc2ccccc2-c2cc(-c3ccccc3-c3ccc(-c4ccc5ccccc5n4)cc3)cc(-c3ccccc3-c3ccc(-c4ccc5ccccc5n4)cc3)c2)C1=O. The molecule has 2 aromatic heterocycles. The summed E-state index contributed by atoms with van der Waals surface area (Å²) in [6.45, 7) is 2.60. The molecule has 0 aliphatic carbocycles. The molecular formula is C61H45N3O2. The molecule has 10 aromatic rings. The van der Waals surface area contributed by atoms with Crippen LogP contribution in [0.2, 0.25) is 0 Å². The summed E-state index contributed by atoms with van der Waals surface area (Å²) in [7, 11) is 0. The van der Waals surface area contributed by atoms with Crippen LogP contribution in [-0.2, 0) is 11.3 Å². The third kappa shape index (κ3) is 7.82. The van der Waals surface area contributed by atoms with Gasteiger partial charge in [0.15, 0.2) is 0 Å². The topological polar surface area (TPSA) is 66.3 Å². The minimum atomic E-state index is -0.105. The second-order valence-electron chi connectivity index (χ2n) is 17.0. The maximum absolute atomic E-state index is 13.4. The predicted molar refractivity (Wildman–Crippen MR) is 270 cm³/mol. The van der Waals surface area contributed by atoms with E-state index < -0.39 is 0 Å². The summed E-state index contributed by atoms with van der Waals surface area (Å²) in [5, 5.41) is 12.5. The number of likely N-dealkylation sites (tertiary alicyclic amines) is 1. The lowest BCUT2D eigenvalue weighted by atomic mass is 9.86. The summed E-state index contributed by atoms with van der Waals surface area (Å²) in [5.41, 5.74) is 18.5. The van der Waals surface area contributed by atoms with Gasteiger partial charge in [-0.3, -0.25) is 4.79 Å². The fourth-order valence-electron chi connectivity index (χ4n) is 9.44. The normalized spacial score (nSPS) is 13.4. The van der Waals surface area contributed by atoms with Gasteiger partial charge in [0.05, 0.1) is 33.8 Å². The number of para-hydroxylation sites is 2. The molecule has 5 heteroatoms. The molecule has 0 unspecified atom stereocenters. The molecule has 1 N–H and O–H groups in total. The van der Waals surface area contributed by atoms with Crippen LogP contribution in [0.4, 0.5) is 0 Å². The number of nitrogens with zero attached hydrogens (tertiary/aromatic N) is 3. The third-order valence-corrected chi connectivity index (χ3v) is 12.9. The molecule has 0 atom stereocenters. The van der Waals surface area contributed by atoms with E-state index in [-0.39, 0.29) is 11.7 Å². The Hall–Kier alpha value is -8.41. The van der Waals surface area contributed by atoms with Crippen LogP contribution in [0.3, 0.4) is 0 Å². The molecule has 5 nitrogen and oxygen atoms in total. The quantitative estimate of drug-likeness (QED) is 0.116. The molecule has 8 aromatic carbocycles. The van der Waals surface area contributed by atoms with E-state index in [2.05, 4.69) is 182 Å². The number of carbonyl (C=O) groups is 1. The second kappa shape index (κ2) is 17.3. The van der Waals surface area contributed by atoms with E-state index in [9.17, 15) is 9.90 Å². The Kier molecular flexibility index (Phi) is 10.6. The van der Waals surface area contributed by atoms with Crippen molar-refractivity contribution in [3.63, 3.8) is 0 Å². The highest BCUT2D eigenvalue weighted by Crippen LogP contribution is 2.42. The van der Waals surface area contributed by atoms with E-state index in [1.165, 1.54) is 0 Å². The first-order valence-corrected chi connectivity index (χ1v) is 22.5. The molecule has 1 fully saturated rings. The monoisotopic (exact) mass is 851 g/mol. The number of amides is 1. The number of pyridine rings is 2. The van der Waals surface area contributed by atoms with Crippen molar-refractivity contribution in [2.24, 2.45) is 0 Å². The lowest BCUT2D eigenvalue weighted by molar-refractivity contribution is -0.125. The van der Waals surface area contributed by atoms with Gasteiger partial charge in [-0.1, -0.05) is 170 Å². The van der Waals surface area contributed by atoms with E-state index >= 15 is 0 Å². The van der Waals surface area contributed by atoms with E-state index in [1.807, 2.05) is 35.2 Å². The molecule has 0 radical (unpaired) electrons. The number of aromatic nitrogens is 2. The number of benzene rings is 8. The summed E-state index contributed by atoms with van der Waals surface area (Å²) in [4.78, 5) is 25.2. The number of hydrogen-bond donors (Lipinski definition) is 1. The van der Waals surface area contributed by atoms with Crippen LogP contribution < -0.4 is 0 Å². The Morgan fingerprint density at radius 1 is 0.455 bits per heavy atom. The van der Waals surface area contributed by atoms with Crippen molar-refractivity contribution < 1.29 is 9.90 Å². The average Bonchev–Trinajstić information content (AvgIpc) is 3.75. The third-order valence-electron chi connectivity index (χ3n) is 12.9. The lowest BCUT2D eigenvalue weighted by Crippen LogP contribution is -2.25. The molecule has 1 amide bonds. The standard InChI is InChI=1S/C61H45N3O2/c1-40(65)51-34-35-64(61(51)66)39-47-14-2-5-15-52(47)48-36-49(55-18-8-6-16-53(55)41-22-26-45(27-23-41)59-32-30-43-12-3-10-20-57(43)62-59)38-50(37-48)56-19-9-7-17-54(56)42-24-28-46(29-25-42)60-33-31-44-13-4-11-21-58(44)63-60/h2-33,36-38,65H,34-35,39H2,1H3. The second-order valence-corrected chi connectivity index (χ2v) is 17.0. The summed E-state index contributed by atoms with van der Waals surface area (Å²) < 4.78 is 0. The van der Waals surface area contributed by atoms with Gasteiger partial charge in [0.1, 0.15) is 0 Å². The van der Waals surface area contributed by atoms with Crippen molar-refractivity contribution in [1.29, 1.82) is 0 Å². The van der Waals surface area contributed by atoms with Gasteiger partial charge in [-0.05, 0) is 117 Å². The van der Waals surface area contributed by atoms with Crippen LogP contribution in [0.1, 0.15) is 18.9 Å². The van der Waals surface area contributed by atoms with Gasteiger partial charge in [0, 0.05) is 35.0 Å². The van der Waals surface area contributed by atoms with Crippen molar-refractivity contribution >= 4 is 27.7 Å². The minimum absolute atomic E-state index is 0.102. The minimum Gasteiger partial charge on any atom is -0.512 e. The van der Waals surface area contributed by atoms with Crippen molar-refractivity contribution in [2.45, 2.75) is 19.9 Å². The highest BCUT2D eigenvalue weighted by molar-refractivity contribution is 5.96. The van der Waals surface area contributed by atoms with Gasteiger partial charge in [-0.25, -0.2) is 9.97 Å². The summed E-state index contributed by atoms with van der Waals surface area (Å²) in [6, 6.07) is 74.8. The highest BCUT2D eigenvalue weighted by atomic mass is 16.3. The van der Waals surface area contributed by atoms with E-state index in [1.54, 1.807) is 6.92 Å². The molecule has 11 rings (SSSR count). The Morgan fingerprint density at radius 2 is 0.848 bits per heavy atom. The number of aliphatic hydroxyl groups excluding tert-OH is 1. The van der Waals surface area contributed by atoms with Gasteiger partial charge >= 0.3 is 0 Å². The molecule has 316 valence electrons. The van der Waals surface area contributed by atoms with Gasteiger partial charge in [0.2, 0.25) is 0 Å². The molecule has 0 bridgehead atoms. The molecule has 0 saturated carbocycles. The van der Waals surface area contributed by atoms with Gasteiger partial charge in [-0.15, -0.1) is 0 Å². The molecular weight excluding hydrogens is 807 g/mol. The molecule has 66 heavy (non-hydrogen) atoms. The zero-order chi connectivity index (χ0) is 44.6. The highest BCUT2D eigenvalue weighted by Gasteiger charge is 2.28. The molecule has 1 aliphatic rings. The van der Waals surface area contributed by atoms with Crippen LogP contribution in [0.5, 0.6) is 0 Å². The van der Waals surface area contributed by atoms with Gasteiger partial charge < -0.3 is 10.0 Å². The van der Waals surface area contributed by atoms with E-state index in [4.69, 9.17) is 9.97 Å². The Bertz CT molecular complexity index is 3310. The predicted octanol–water partition coefficient (Wildman–Crippen LogP) is 15.0.